The highest BCUT2D eigenvalue weighted by Gasteiger charge is 2.10. The molecular formula is C9H13N7O. The Morgan fingerprint density at radius 1 is 1.59 bits per heavy atom. The summed E-state index contributed by atoms with van der Waals surface area (Å²) in [6.45, 7) is 1.25. The summed E-state index contributed by atoms with van der Waals surface area (Å²) in [6, 6.07) is 0. The van der Waals surface area contributed by atoms with Gasteiger partial charge in [-0.1, -0.05) is 5.21 Å². The fourth-order valence-corrected chi connectivity index (χ4v) is 1.36. The van der Waals surface area contributed by atoms with Crippen LogP contribution in [-0.4, -0.2) is 37.6 Å². The van der Waals surface area contributed by atoms with Crippen LogP contribution in [-0.2, 0) is 6.54 Å². The molecular weight excluding hydrogens is 222 g/mol. The minimum Gasteiger partial charge on any atom is -0.396 e. The number of aromatic amines is 1. The van der Waals surface area contributed by atoms with Crippen LogP contribution in [0, 0.1) is 0 Å². The van der Waals surface area contributed by atoms with E-state index >= 15 is 0 Å². The first-order valence-corrected chi connectivity index (χ1v) is 5.18. The predicted molar refractivity (Wildman–Crippen MR) is 60.0 cm³/mol. The Labute approximate surface area is 97.2 Å². The third kappa shape index (κ3) is 2.80. The van der Waals surface area contributed by atoms with E-state index in [1.54, 1.807) is 17.1 Å². The molecule has 2 aromatic rings. The zero-order valence-electron chi connectivity index (χ0n) is 9.13. The Bertz CT molecular complexity index is 475. The number of amides is 1. The normalized spacial score (nSPS) is 10.4. The third-order valence-electron chi connectivity index (χ3n) is 2.22. The molecule has 1 amide bonds. The highest BCUT2D eigenvalue weighted by Crippen LogP contribution is 2.04. The number of H-pyrrole nitrogens is 1. The average molecular weight is 235 g/mol. The van der Waals surface area contributed by atoms with Crippen molar-refractivity contribution in [1.29, 1.82) is 0 Å². The van der Waals surface area contributed by atoms with Crippen molar-refractivity contribution in [3.05, 3.63) is 24.3 Å². The van der Waals surface area contributed by atoms with Gasteiger partial charge in [0.15, 0.2) is 0 Å². The van der Waals surface area contributed by atoms with E-state index in [9.17, 15) is 4.79 Å². The van der Waals surface area contributed by atoms with Gasteiger partial charge in [0.1, 0.15) is 5.69 Å². The minimum atomic E-state index is -0.251. The van der Waals surface area contributed by atoms with E-state index in [1.165, 1.54) is 6.20 Å². The SMILES string of the molecule is Nc1cn[nH]c1C(=O)NCCCn1ccnn1. The monoisotopic (exact) mass is 235 g/mol. The number of nitrogen functional groups attached to an aromatic ring is 1. The number of nitrogens with one attached hydrogen (secondary N) is 2. The van der Waals surface area contributed by atoms with Gasteiger partial charge in [0.2, 0.25) is 0 Å². The van der Waals surface area contributed by atoms with Crippen molar-refractivity contribution in [3.63, 3.8) is 0 Å². The van der Waals surface area contributed by atoms with Crippen LogP contribution in [0.5, 0.6) is 0 Å². The molecule has 2 heterocycles. The minimum absolute atomic E-state index is 0.251. The van der Waals surface area contributed by atoms with Crippen LogP contribution in [0.1, 0.15) is 16.9 Å². The molecule has 8 heteroatoms. The summed E-state index contributed by atoms with van der Waals surface area (Å²) in [7, 11) is 0. The van der Waals surface area contributed by atoms with E-state index in [0.717, 1.165) is 6.42 Å². The van der Waals surface area contributed by atoms with Gasteiger partial charge in [-0.05, 0) is 6.42 Å². The summed E-state index contributed by atoms with van der Waals surface area (Å²) < 4.78 is 1.71. The van der Waals surface area contributed by atoms with Gasteiger partial charge >= 0.3 is 0 Å². The number of carbonyl (C=O) groups is 1. The molecule has 2 rings (SSSR count). The lowest BCUT2D eigenvalue weighted by atomic mass is 10.3. The maximum atomic E-state index is 11.6. The first-order valence-electron chi connectivity index (χ1n) is 5.18. The van der Waals surface area contributed by atoms with Crippen LogP contribution in [0.15, 0.2) is 18.6 Å². The molecule has 0 atom stereocenters. The first kappa shape index (κ1) is 11.1. The average Bonchev–Trinajstić information content (AvgIpc) is 2.95. The molecule has 0 aliphatic rings. The molecule has 0 saturated carbocycles. The summed E-state index contributed by atoms with van der Waals surface area (Å²) in [6.07, 6.45) is 5.56. The fraction of sp³-hybridized carbons (Fsp3) is 0.333. The van der Waals surface area contributed by atoms with E-state index in [4.69, 9.17) is 5.73 Å². The van der Waals surface area contributed by atoms with Crippen LogP contribution >= 0.6 is 0 Å². The number of rotatable bonds is 5. The quantitative estimate of drug-likeness (QED) is 0.599. The van der Waals surface area contributed by atoms with Crippen LogP contribution in [0.2, 0.25) is 0 Å². The van der Waals surface area contributed by atoms with E-state index in [2.05, 4.69) is 25.8 Å². The lowest BCUT2D eigenvalue weighted by molar-refractivity contribution is 0.0948. The molecule has 0 bridgehead atoms. The molecule has 0 unspecified atom stereocenters. The number of carbonyl (C=O) groups excluding carboxylic acids is 1. The van der Waals surface area contributed by atoms with E-state index in [1.807, 2.05) is 0 Å². The molecule has 90 valence electrons. The molecule has 0 aliphatic carbocycles. The molecule has 2 aromatic heterocycles. The lowest BCUT2D eigenvalue weighted by Gasteiger charge is -2.04. The topological polar surface area (TPSA) is 115 Å². The van der Waals surface area contributed by atoms with Crippen molar-refractivity contribution in [1.82, 2.24) is 30.5 Å². The van der Waals surface area contributed by atoms with Crippen molar-refractivity contribution >= 4 is 11.6 Å². The highest BCUT2D eigenvalue weighted by atomic mass is 16.1. The van der Waals surface area contributed by atoms with Gasteiger partial charge < -0.3 is 11.1 Å². The molecule has 17 heavy (non-hydrogen) atoms. The maximum absolute atomic E-state index is 11.6. The van der Waals surface area contributed by atoms with Gasteiger partial charge in [-0.25, -0.2) is 0 Å². The van der Waals surface area contributed by atoms with Crippen LogP contribution < -0.4 is 11.1 Å². The van der Waals surface area contributed by atoms with Gasteiger partial charge in [-0.2, -0.15) is 5.10 Å². The highest BCUT2D eigenvalue weighted by molar-refractivity contribution is 5.96. The molecule has 8 nitrogen and oxygen atoms in total. The standard InChI is InChI=1S/C9H13N7O/c10-7-6-13-14-8(7)9(17)11-2-1-4-16-5-3-12-15-16/h3,5-6H,1-2,4,10H2,(H,11,17)(H,13,14). The number of nitrogens with two attached hydrogens (primary N) is 1. The molecule has 0 saturated heterocycles. The molecule has 0 aromatic carbocycles. The van der Waals surface area contributed by atoms with Gasteiger partial charge in [0.05, 0.1) is 18.1 Å². The molecule has 0 fully saturated rings. The Morgan fingerprint density at radius 2 is 2.47 bits per heavy atom. The van der Waals surface area contributed by atoms with Gasteiger partial charge in [-0.15, -0.1) is 5.10 Å². The van der Waals surface area contributed by atoms with Crippen molar-refractivity contribution < 1.29 is 4.79 Å². The third-order valence-corrected chi connectivity index (χ3v) is 2.22. The number of hydrogen-bond acceptors (Lipinski definition) is 5. The number of hydrogen-bond donors (Lipinski definition) is 3. The van der Waals surface area contributed by atoms with E-state index in [0.29, 0.717) is 24.5 Å². The number of aromatic nitrogens is 5. The van der Waals surface area contributed by atoms with Crippen LogP contribution in [0.25, 0.3) is 0 Å². The van der Waals surface area contributed by atoms with Crippen molar-refractivity contribution in [2.45, 2.75) is 13.0 Å². The van der Waals surface area contributed by atoms with E-state index < -0.39 is 0 Å². The molecule has 0 spiro atoms. The van der Waals surface area contributed by atoms with Crippen LogP contribution in [0.3, 0.4) is 0 Å². The maximum Gasteiger partial charge on any atom is 0.271 e. The summed E-state index contributed by atoms with van der Waals surface area (Å²) in [5.74, 6) is -0.251. The zero-order chi connectivity index (χ0) is 12.1. The second-order valence-corrected chi connectivity index (χ2v) is 3.48. The molecule has 0 aliphatic heterocycles. The van der Waals surface area contributed by atoms with Crippen molar-refractivity contribution in [2.24, 2.45) is 0 Å². The first-order chi connectivity index (χ1) is 8.27. The Morgan fingerprint density at radius 3 is 3.12 bits per heavy atom. The largest absolute Gasteiger partial charge is 0.396 e. The second kappa shape index (κ2) is 5.10. The number of aryl methyl sites for hydroxylation is 1. The summed E-state index contributed by atoms with van der Waals surface area (Å²) in [5, 5.41) is 16.5. The summed E-state index contributed by atoms with van der Waals surface area (Å²) in [4.78, 5) is 11.6. The zero-order valence-corrected chi connectivity index (χ0v) is 9.13. The Balaban J connectivity index is 1.72. The fourth-order valence-electron chi connectivity index (χ4n) is 1.36. The van der Waals surface area contributed by atoms with Crippen molar-refractivity contribution in [2.75, 3.05) is 12.3 Å². The lowest BCUT2D eigenvalue weighted by Crippen LogP contribution is -2.26. The predicted octanol–water partition coefficient (Wildman–Crippen LogP) is -0.596. The van der Waals surface area contributed by atoms with E-state index in [-0.39, 0.29) is 5.91 Å². The van der Waals surface area contributed by atoms with Crippen molar-refractivity contribution in [3.8, 4) is 0 Å². The van der Waals surface area contributed by atoms with Gasteiger partial charge in [-0.3, -0.25) is 14.6 Å². The Kier molecular flexibility index (Phi) is 3.34. The molecule has 0 radical (unpaired) electrons. The van der Waals surface area contributed by atoms with Crippen LogP contribution in [0.4, 0.5) is 5.69 Å². The summed E-state index contributed by atoms with van der Waals surface area (Å²) >= 11 is 0. The number of anilines is 1. The van der Waals surface area contributed by atoms with Gasteiger partial charge in [0.25, 0.3) is 5.91 Å². The second-order valence-electron chi connectivity index (χ2n) is 3.48. The number of nitrogens with zero attached hydrogens (tertiary/aromatic N) is 4. The van der Waals surface area contributed by atoms with Gasteiger partial charge in [0, 0.05) is 19.3 Å². The summed E-state index contributed by atoms with van der Waals surface area (Å²) in [5.41, 5.74) is 6.19. The smallest absolute Gasteiger partial charge is 0.271 e. The molecule has 4 N–H and O–H groups in total. The Hall–Kier alpha value is -2.38.